The van der Waals surface area contributed by atoms with Crippen LogP contribution in [0.1, 0.15) is 10.4 Å². The zero-order valence-electron chi connectivity index (χ0n) is 11.7. The van der Waals surface area contributed by atoms with Crippen LogP contribution in [0.2, 0.25) is 5.02 Å². The van der Waals surface area contributed by atoms with Gasteiger partial charge < -0.3 is 0 Å². The minimum atomic E-state index is -0.477. The molecular weight excluding hydrogens is 318 g/mol. The van der Waals surface area contributed by atoms with Gasteiger partial charge in [-0.15, -0.1) is 0 Å². The van der Waals surface area contributed by atoms with Crippen LogP contribution in [-0.4, -0.2) is 21.0 Å². The maximum atomic E-state index is 11.3. The molecule has 2 aromatic carbocycles. The van der Waals surface area contributed by atoms with E-state index < -0.39 is 4.92 Å². The van der Waals surface area contributed by atoms with Crippen molar-refractivity contribution in [3.8, 4) is 16.9 Å². The number of halogens is 1. The highest BCUT2D eigenvalue weighted by Crippen LogP contribution is 2.25. The number of rotatable bonds is 4. The van der Waals surface area contributed by atoms with Crippen LogP contribution in [0.15, 0.2) is 54.7 Å². The Morgan fingerprint density at radius 2 is 1.91 bits per heavy atom. The minimum Gasteiger partial charge on any atom is -0.298 e. The molecule has 0 spiro atoms. The summed E-state index contributed by atoms with van der Waals surface area (Å²) in [7, 11) is 0. The van der Waals surface area contributed by atoms with Gasteiger partial charge in [-0.1, -0.05) is 17.7 Å². The van der Waals surface area contributed by atoms with Gasteiger partial charge in [-0.3, -0.25) is 14.9 Å². The largest absolute Gasteiger partial charge is 0.298 e. The van der Waals surface area contributed by atoms with E-state index in [0.29, 0.717) is 33.8 Å². The molecule has 0 amide bonds. The maximum Gasteiger partial charge on any atom is 0.269 e. The fraction of sp³-hybridized carbons (Fsp3) is 0. The Balaban J connectivity index is 2.06. The lowest BCUT2D eigenvalue weighted by Gasteiger charge is -2.01. The predicted octanol–water partition coefficient (Wildman–Crippen LogP) is 3.91. The first-order valence-electron chi connectivity index (χ1n) is 6.64. The molecule has 3 rings (SSSR count). The summed E-state index contributed by atoms with van der Waals surface area (Å²) in [6.45, 7) is 0. The van der Waals surface area contributed by atoms with Crippen molar-refractivity contribution in [3.63, 3.8) is 0 Å². The summed E-state index contributed by atoms with van der Waals surface area (Å²) in [6.07, 6.45) is 2.29. The van der Waals surface area contributed by atoms with E-state index in [-0.39, 0.29) is 5.69 Å². The second kappa shape index (κ2) is 6.02. The quantitative estimate of drug-likeness (QED) is 0.413. The molecule has 1 heterocycles. The Morgan fingerprint density at radius 3 is 2.52 bits per heavy atom. The summed E-state index contributed by atoms with van der Waals surface area (Å²) in [5, 5.41) is 15.7. The van der Waals surface area contributed by atoms with E-state index in [2.05, 4.69) is 5.10 Å². The minimum absolute atomic E-state index is 0.0179. The molecule has 0 saturated heterocycles. The van der Waals surface area contributed by atoms with Crippen molar-refractivity contribution in [2.45, 2.75) is 0 Å². The van der Waals surface area contributed by atoms with E-state index in [0.717, 1.165) is 0 Å². The second-order valence-electron chi connectivity index (χ2n) is 4.78. The van der Waals surface area contributed by atoms with Gasteiger partial charge in [0.25, 0.3) is 5.69 Å². The predicted molar refractivity (Wildman–Crippen MR) is 86.1 cm³/mol. The number of carbonyl (C=O) groups is 1. The molecule has 6 nitrogen and oxygen atoms in total. The highest BCUT2D eigenvalue weighted by atomic mass is 35.5. The average molecular weight is 328 g/mol. The molecule has 114 valence electrons. The van der Waals surface area contributed by atoms with Gasteiger partial charge in [0.2, 0.25) is 0 Å². The number of hydrogen-bond donors (Lipinski definition) is 0. The first-order chi connectivity index (χ1) is 11.1. The summed E-state index contributed by atoms with van der Waals surface area (Å²) in [4.78, 5) is 21.5. The Bertz CT molecular complexity index is 888. The van der Waals surface area contributed by atoms with Crippen molar-refractivity contribution < 1.29 is 9.72 Å². The normalized spacial score (nSPS) is 10.5. The molecule has 0 fully saturated rings. The third kappa shape index (κ3) is 2.97. The Hall–Kier alpha value is -2.99. The molecule has 0 radical (unpaired) electrons. The van der Waals surface area contributed by atoms with Crippen LogP contribution in [0, 0.1) is 10.1 Å². The third-order valence-electron chi connectivity index (χ3n) is 3.29. The number of nitro benzene ring substituents is 1. The lowest BCUT2D eigenvalue weighted by atomic mass is 10.1. The SMILES string of the molecule is O=Cc1cn(-c2cccc(Cl)c2)nc1-c1ccc([N+](=O)[O-])cc1. The van der Waals surface area contributed by atoms with Crippen molar-refractivity contribution in [2.24, 2.45) is 0 Å². The topological polar surface area (TPSA) is 78.0 Å². The van der Waals surface area contributed by atoms with Gasteiger partial charge in [0, 0.05) is 28.9 Å². The molecule has 0 aliphatic carbocycles. The van der Waals surface area contributed by atoms with Gasteiger partial charge >= 0.3 is 0 Å². The van der Waals surface area contributed by atoms with E-state index in [1.807, 2.05) is 6.07 Å². The van der Waals surface area contributed by atoms with Gasteiger partial charge in [0.15, 0.2) is 6.29 Å². The van der Waals surface area contributed by atoms with Crippen molar-refractivity contribution in [2.75, 3.05) is 0 Å². The molecule has 0 aliphatic heterocycles. The Kier molecular flexibility index (Phi) is 3.91. The van der Waals surface area contributed by atoms with Crippen LogP contribution in [0.25, 0.3) is 16.9 Å². The highest BCUT2D eigenvalue weighted by molar-refractivity contribution is 6.30. The van der Waals surface area contributed by atoms with Crippen LogP contribution in [0.3, 0.4) is 0 Å². The monoisotopic (exact) mass is 327 g/mol. The summed E-state index contributed by atoms with van der Waals surface area (Å²) in [5.74, 6) is 0. The lowest BCUT2D eigenvalue weighted by molar-refractivity contribution is -0.384. The number of carbonyl (C=O) groups excluding carboxylic acids is 1. The van der Waals surface area contributed by atoms with Crippen molar-refractivity contribution >= 4 is 23.6 Å². The lowest BCUT2D eigenvalue weighted by Crippen LogP contribution is -1.94. The molecule has 0 unspecified atom stereocenters. The van der Waals surface area contributed by atoms with E-state index >= 15 is 0 Å². The zero-order valence-corrected chi connectivity index (χ0v) is 12.5. The molecule has 0 atom stereocenters. The van der Waals surface area contributed by atoms with Crippen molar-refractivity contribution in [1.82, 2.24) is 9.78 Å². The Labute approximate surface area is 136 Å². The molecule has 1 aromatic heterocycles. The number of aldehydes is 1. The molecule has 3 aromatic rings. The van der Waals surface area contributed by atoms with Crippen LogP contribution in [-0.2, 0) is 0 Å². The zero-order chi connectivity index (χ0) is 16.4. The van der Waals surface area contributed by atoms with Gasteiger partial charge in [0.05, 0.1) is 16.2 Å². The fourth-order valence-electron chi connectivity index (χ4n) is 2.19. The van der Waals surface area contributed by atoms with Crippen LogP contribution in [0.4, 0.5) is 5.69 Å². The molecule has 7 heteroatoms. The van der Waals surface area contributed by atoms with Crippen molar-refractivity contribution in [1.29, 1.82) is 0 Å². The first kappa shape index (κ1) is 14.9. The summed E-state index contributed by atoms with van der Waals surface area (Å²) >= 11 is 5.96. The number of non-ortho nitro benzene ring substituents is 1. The number of nitro groups is 1. The highest BCUT2D eigenvalue weighted by Gasteiger charge is 2.13. The molecule has 23 heavy (non-hydrogen) atoms. The number of hydrogen-bond acceptors (Lipinski definition) is 4. The molecule has 0 saturated carbocycles. The summed E-state index contributed by atoms with van der Waals surface area (Å²) < 4.78 is 1.55. The van der Waals surface area contributed by atoms with E-state index in [4.69, 9.17) is 11.6 Å². The Morgan fingerprint density at radius 1 is 1.17 bits per heavy atom. The summed E-state index contributed by atoms with van der Waals surface area (Å²) in [5.41, 5.74) is 2.16. The third-order valence-corrected chi connectivity index (χ3v) is 3.53. The number of nitrogens with zero attached hydrogens (tertiary/aromatic N) is 3. The molecule has 0 bridgehead atoms. The standard InChI is InChI=1S/C16H10ClN3O3/c17-13-2-1-3-15(8-13)19-9-12(10-21)16(18-19)11-4-6-14(7-5-11)20(22)23/h1-10H. The average Bonchev–Trinajstić information content (AvgIpc) is 2.99. The van der Waals surface area contributed by atoms with Gasteiger partial charge in [-0.05, 0) is 30.3 Å². The van der Waals surface area contributed by atoms with Crippen molar-refractivity contribution in [3.05, 3.63) is 75.4 Å². The molecule has 0 N–H and O–H groups in total. The molecule has 0 aliphatic rings. The molecular formula is C16H10ClN3O3. The fourth-order valence-corrected chi connectivity index (χ4v) is 2.37. The van der Waals surface area contributed by atoms with Gasteiger partial charge in [-0.25, -0.2) is 4.68 Å². The van der Waals surface area contributed by atoms with Gasteiger partial charge in [0.1, 0.15) is 5.69 Å². The smallest absolute Gasteiger partial charge is 0.269 e. The van der Waals surface area contributed by atoms with Gasteiger partial charge in [-0.2, -0.15) is 5.10 Å². The maximum absolute atomic E-state index is 11.3. The van der Waals surface area contributed by atoms with E-state index in [1.54, 1.807) is 41.2 Å². The van der Waals surface area contributed by atoms with E-state index in [9.17, 15) is 14.9 Å². The number of benzene rings is 2. The van der Waals surface area contributed by atoms with Crippen LogP contribution < -0.4 is 0 Å². The van der Waals surface area contributed by atoms with Crippen LogP contribution in [0.5, 0.6) is 0 Å². The summed E-state index contributed by atoms with van der Waals surface area (Å²) in [6, 6.07) is 12.9. The van der Waals surface area contributed by atoms with Crippen LogP contribution >= 0.6 is 11.6 Å². The number of aromatic nitrogens is 2. The van der Waals surface area contributed by atoms with E-state index in [1.165, 1.54) is 12.1 Å². The first-order valence-corrected chi connectivity index (χ1v) is 7.02. The second-order valence-corrected chi connectivity index (χ2v) is 5.22.